The van der Waals surface area contributed by atoms with E-state index in [9.17, 15) is 0 Å². The van der Waals surface area contributed by atoms with Gasteiger partial charge in [0.05, 0.1) is 12.7 Å². The number of hydrogen-bond acceptors (Lipinski definition) is 5. The number of nitrogens with zero attached hydrogens (tertiary/aromatic N) is 4. The summed E-state index contributed by atoms with van der Waals surface area (Å²) in [7, 11) is 4.22. The molecule has 0 saturated heterocycles. The quantitative estimate of drug-likeness (QED) is 0.556. The van der Waals surface area contributed by atoms with Crippen molar-refractivity contribution in [3.63, 3.8) is 0 Å². The molecule has 1 aliphatic carbocycles. The average molecular weight is 388 g/mol. The Bertz CT molecular complexity index is 1080. The zero-order valence-corrected chi connectivity index (χ0v) is 17.1. The summed E-state index contributed by atoms with van der Waals surface area (Å²) >= 11 is 0. The van der Waals surface area contributed by atoms with Crippen LogP contribution in [0.3, 0.4) is 0 Å². The van der Waals surface area contributed by atoms with Crippen molar-refractivity contribution in [3.05, 3.63) is 58.9 Å². The molecule has 1 heterocycles. The van der Waals surface area contributed by atoms with E-state index in [-0.39, 0.29) is 6.10 Å². The lowest BCUT2D eigenvalue weighted by Crippen LogP contribution is -2.17. The van der Waals surface area contributed by atoms with Crippen molar-refractivity contribution in [1.82, 2.24) is 15.0 Å². The number of fused-ring (bicyclic) bond motifs is 1. The molecule has 0 aliphatic heterocycles. The van der Waals surface area contributed by atoms with Gasteiger partial charge in [0.2, 0.25) is 11.5 Å². The van der Waals surface area contributed by atoms with Crippen LogP contribution in [0.25, 0.3) is 27.7 Å². The topological polar surface area (TPSA) is 55.8 Å². The van der Waals surface area contributed by atoms with Crippen molar-refractivity contribution in [2.24, 2.45) is 0 Å². The lowest BCUT2D eigenvalue weighted by Gasteiger charge is -2.20. The molecule has 1 aromatic heterocycles. The zero-order chi connectivity index (χ0) is 20.5. The van der Waals surface area contributed by atoms with Gasteiger partial charge in [-0.25, -0.2) is 4.85 Å². The number of aromatic nitrogens is 2. The molecule has 0 radical (unpaired) electrons. The summed E-state index contributed by atoms with van der Waals surface area (Å²) in [6.07, 6.45) is 2.10. The van der Waals surface area contributed by atoms with Crippen LogP contribution in [0.2, 0.25) is 0 Å². The molecular formula is C23H24N4O2. The highest BCUT2D eigenvalue weighted by molar-refractivity contribution is 5.70. The van der Waals surface area contributed by atoms with Gasteiger partial charge in [0.15, 0.2) is 0 Å². The second-order valence-electron chi connectivity index (χ2n) is 7.78. The number of rotatable bonds is 5. The zero-order valence-electron chi connectivity index (χ0n) is 17.1. The van der Waals surface area contributed by atoms with E-state index in [0.29, 0.717) is 34.8 Å². The number of hydrogen-bond donors (Lipinski definition) is 0. The van der Waals surface area contributed by atoms with Crippen molar-refractivity contribution in [1.29, 1.82) is 0 Å². The molecule has 148 valence electrons. The summed E-state index contributed by atoms with van der Waals surface area (Å²) < 4.78 is 11.2. The monoisotopic (exact) mass is 388 g/mol. The molecule has 0 amide bonds. The van der Waals surface area contributed by atoms with Gasteiger partial charge in [-0.3, -0.25) is 0 Å². The van der Waals surface area contributed by atoms with Crippen LogP contribution in [-0.2, 0) is 6.42 Å². The van der Waals surface area contributed by atoms with Crippen LogP contribution in [0.1, 0.15) is 37.4 Å². The fourth-order valence-electron chi connectivity index (χ4n) is 3.92. The van der Waals surface area contributed by atoms with E-state index in [1.165, 1.54) is 11.1 Å². The Morgan fingerprint density at radius 2 is 2.07 bits per heavy atom. The summed E-state index contributed by atoms with van der Waals surface area (Å²) in [5, 5.41) is 4.23. The average Bonchev–Trinajstić information content (AvgIpc) is 3.35. The first kappa shape index (κ1) is 19.2. The fourth-order valence-corrected chi connectivity index (χ4v) is 3.92. The van der Waals surface area contributed by atoms with Crippen LogP contribution in [0.4, 0.5) is 5.69 Å². The molecule has 0 spiro atoms. The maximum Gasteiger partial charge on any atom is 0.256 e. The van der Waals surface area contributed by atoms with Gasteiger partial charge in [-0.1, -0.05) is 23.4 Å². The lowest BCUT2D eigenvalue weighted by molar-refractivity contribution is 0.244. The van der Waals surface area contributed by atoms with E-state index in [2.05, 4.69) is 52.2 Å². The minimum atomic E-state index is 0.00234. The SMILES string of the molecule is [C-]#[N+]c1cc(-c2nc(-c3cccc4c3CCC4N(C)C)no2)ccc1OC(C)C. The van der Waals surface area contributed by atoms with Gasteiger partial charge in [0.1, 0.15) is 5.75 Å². The lowest BCUT2D eigenvalue weighted by atomic mass is 10.0. The molecule has 3 aromatic rings. The van der Waals surface area contributed by atoms with Gasteiger partial charge in [0.25, 0.3) is 5.89 Å². The molecule has 1 atom stereocenters. The Morgan fingerprint density at radius 3 is 2.79 bits per heavy atom. The smallest absolute Gasteiger partial charge is 0.256 e. The molecule has 6 heteroatoms. The van der Waals surface area contributed by atoms with Crippen molar-refractivity contribution < 1.29 is 9.26 Å². The summed E-state index contributed by atoms with van der Waals surface area (Å²) in [5.41, 5.74) is 4.80. The van der Waals surface area contributed by atoms with E-state index in [4.69, 9.17) is 15.8 Å². The molecule has 2 aromatic carbocycles. The molecule has 0 fully saturated rings. The maximum atomic E-state index is 7.44. The molecule has 29 heavy (non-hydrogen) atoms. The highest BCUT2D eigenvalue weighted by atomic mass is 16.5. The number of ether oxygens (including phenoxy) is 1. The van der Waals surface area contributed by atoms with Crippen molar-refractivity contribution in [2.45, 2.75) is 38.8 Å². The predicted molar refractivity (Wildman–Crippen MR) is 112 cm³/mol. The van der Waals surface area contributed by atoms with E-state index >= 15 is 0 Å². The fraction of sp³-hybridized carbons (Fsp3) is 0.348. The van der Waals surface area contributed by atoms with Crippen molar-refractivity contribution in [2.75, 3.05) is 14.1 Å². The van der Waals surface area contributed by atoms with Gasteiger partial charge < -0.3 is 14.2 Å². The molecule has 1 unspecified atom stereocenters. The molecule has 6 nitrogen and oxygen atoms in total. The van der Waals surface area contributed by atoms with E-state index in [1.54, 1.807) is 12.1 Å². The Morgan fingerprint density at radius 1 is 1.24 bits per heavy atom. The minimum absolute atomic E-state index is 0.00234. The predicted octanol–water partition coefficient (Wildman–Crippen LogP) is 5.29. The van der Waals surface area contributed by atoms with Gasteiger partial charge in [-0.15, -0.1) is 0 Å². The van der Waals surface area contributed by atoms with Gasteiger partial charge in [0, 0.05) is 17.2 Å². The third kappa shape index (κ3) is 3.62. The Balaban J connectivity index is 1.68. The maximum absolute atomic E-state index is 7.44. The second kappa shape index (κ2) is 7.69. The molecule has 0 bridgehead atoms. The van der Waals surface area contributed by atoms with Crippen molar-refractivity contribution in [3.8, 4) is 28.6 Å². The first-order valence-electron chi connectivity index (χ1n) is 9.78. The molecule has 0 N–H and O–H groups in total. The van der Waals surface area contributed by atoms with Crippen LogP contribution in [0.5, 0.6) is 5.75 Å². The van der Waals surface area contributed by atoms with Gasteiger partial charge in [-0.05, 0) is 70.1 Å². The molecule has 4 rings (SSSR count). The normalized spacial score (nSPS) is 15.6. The highest BCUT2D eigenvalue weighted by Crippen LogP contribution is 2.40. The largest absolute Gasteiger partial charge is 0.502 e. The van der Waals surface area contributed by atoms with Gasteiger partial charge >= 0.3 is 0 Å². The Kier molecular flexibility index (Phi) is 5.08. The summed E-state index contributed by atoms with van der Waals surface area (Å²) in [6.45, 7) is 11.3. The molecule has 0 saturated carbocycles. The van der Waals surface area contributed by atoms with E-state index in [0.717, 1.165) is 18.4 Å². The summed E-state index contributed by atoms with van der Waals surface area (Å²) in [6, 6.07) is 12.1. The first-order valence-corrected chi connectivity index (χ1v) is 9.78. The van der Waals surface area contributed by atoms with Crippen LogP contribution in [0, 0.1) is 6.57 Å². The second-order valence-corrected chi connectivity index (χ2v) is 7.78. The number of benzene rings is 2. The van der Waals surface area contributed by atoms with E-state index < -0.39 is 0 Å². The highest BCUT2D eigenvalue weighted by Gasteiger charge is 2.27. The van der Waals surface area contributed by atoms with Crippen LogP contribution < -0.4 is 4.74 Å². The third-order valence-corrected chi connectivity index (χ3v) is 5.22. The molecule has 1 aliphatic rings. The third-order valence-electron chi connectivity index (χ3n) is 5.22. The van der Waals surface area contributed by atoms with Crippen LogP contribution in [-0.4, -0.2) is 35.2 Å². The minimum Gasteiger partial charge on any atom is -0.502 e. The standard InChI is InChI=1S/C23H24N4O2/c1-14(2)28-21-12-9-15(13-19(21)24-3)23-25-22(26-29-23)18-8-6-7-17-16(18)10-11-20(17)27(4)5/h6-9,12-14,20H,10-11H2,1-2,4-5H3. The first-order chi connectivity index (χ1) is 14.0. The van der Waals surface area contributed by atoms with Crippen LogP contribution >= 0.6 is 0 Å². The summed E-state index contributed by atoms with van der Waals surface area (Å²) in [5.74, 6) is 1.55. The Hall–Kier alpha value is -3.17. The van der Waals surface area contributed by atoms with Gasteiger partial charge in [-0.2, -0.15) is 4.98 Å². The summed E-state index contributed by atoms with van der Waals surface area (Å²) in [4.78, 5) is 10.5. The molecular weight excluding hydrogens is 364 g/mol. The van der Waals surface area contributed by atoms with Crippen LogP contribution in [0.15, 0.2) is 40.9 Å². The van der Waals surface area contributed by atoms with E-state index in [1.807, 2.05) is 19.9 Å². The van der Waals surface area contributed by atoms with Crippen molar-refractivity contribution >= 4 is 5.69 Å². The Labute approximate surface area is 170 Å².